The number of thiophene rings is 1. The average Bonchev–Trinajstić information content (AvgIpc) is 3.50. The van der Waals surface area contributed by atoms with Gasteiger partial charge in [0.1, 0.15) is 5.00 Å². The van der Waals surface area contributed by atoms with Crippen LogP contribution in [0.3, 0.4) is 0 Å². The van der Waals surface area contributed by atoms with Crippen molar-refractivity contribution in [3.05, 3.63) is 27.7 Å². The molecule has 2 amide bonds. The molecule has 1 aromatic heterocycles. The van der Waals surface area contributed by atoms with Crippen LogP contribution in [0, 0.1) is 19.8 Å². The van der Waals surface area contributed by atoms with E-state index in [2.05, 4.69) is 16.7 Å². The van der Waals surface area contributed by atoms with Crippen LogP contribution in [0.25, 0.3) is 0 Å². The Kier molecular flexibility index (Phi) is 7.11. The van der Waals surface area contributed by atoms with Crippen LogP contribution in [-0.4, -0.2) is 30.4 Å². The molecule has 1 heterocycles. The van der Waals surface area contributed by atoms with Gasteiger partial charge in [-0.3, -0.25) is 9.59 Å². The number of hydrogen-bond donors (Lipinski definition) is 2. The number of allylic oxidation sites excluding steroid dienone is 1. The number of carbonyl (C=O) groups is 3. The fourth-order valence-corrected chi connectivity index (χ4v) is 4.47. The lowest BCUT2D eigenvalue weighted by atomic mass is 9.97. The second-order valence-corrected chi connectivity index (χ2v) is 9.17. The Hall–Kier alpha value is -2.15. The maximum absolute atomic E-state index is 12.7. The van der Waals surface area contributed by atoms with Crippen molar-refractivity contribution in [3.63, 3.8) is 0 Å². The molecule has 158 valence electrons. The summed E-state index contributed by atoms with van der Waals surface area (Å²) >= 11 is 1.37. The third kappa shape index (κ3) is 5.69. The lowest BCUT2D eigenvalue weighted by Crippen LogP contribution is -2.36. The zero-order chi connectivity index (χ0) is 21.0. The van der Waals surface area contributed by atoms with Crippen molar-refractivity contribution >= 4 is 34.1 Å². The van der Waals surface area contributed by atoms with E-state index in [0.717, 1.165) is 42.5 Å². The molecule has 2 aliphatic carbocycles. The zero-order valence-electron chi connectivity index (χ0n) is 17.4. The van der Waals surface area contributed by atoms with E-state index >= 15 is 0 Å². The van der Waals surface area contributed by atoms with Gasteiger partial charge in [0.05, 0.1) is 5.56 Å². The van der Waals surface area contributed by atoms with Crippen LogP contribution in [0.1, 0.15) is 72.7 Å². The Balaban J connectivity index is 1.55. The zero-order valence-corrected chi connectivity index (χ0v) is 18.2. The maximum atomic E-state index is 12.7. The number of amides is 2. The van der Waals surface area contributed by atoms with Crippen molar-refractivity contribution in [1.29, 1.82) is 0 Å². The van der Waals surface area contributed by atoms with Crippen molar-refractivity contribution in [2.45, 2.75) is 71.8 Å². The van der Waals surface area contributed by atoms with E-state index < -0.39 is 12.1 Å². The molecule has 1 saturated carbocycles. The molecule has 2 N–H and O–H groups in total. The molecule has 3 rings (SSSR count). The smallest absolute Gasteiger partial charge is 0.342 e. The minimum atomic E-state index is -0.894. The molecule has 0 aromatic carbocycles. The van der Waals surface area contributed by atoms with Crippen LogP contribution in [-0.2, 0) is 14.3 Å². The highest BCUT2D eigenvalue weighted by atomic mass is 32.1. The summed E-state index contributed by atoms with van der Waals surface area (Å²) in [7, 11) is 0. The van der Waals surface area contributed by atoms with E-state index in [4.69, 9.17) is 4.74 Å². The normalized spacial score (nSPS) is 17.3. The van der Waals surface area contributed by atoms with Crippen molar-refractivity contribution < 1.29 is 19.1 Å². The molecule has 1 atom stereocenters. The number of hydrogen-bond acceptors (Lipinski definition) is 5. The van der Waals surface area contributed by atoms with Gasteiger partial charge in [-0.2, -0.15) is 0 Å². The third-order valence-corrected chi connectivity index (χ3v) is 6.68. The molecular weight excluding hydrogens is 388 g/mol. The number of aryl methyl sites for hydroxylation is 1. The van der Waals surface area contributed by atoms with Gasteiger partial charge in [0.25, 0.3) is 5.91 Å². The fourth-order valence-electron chi connectivity index (χ4n) is 3.41. The number of esters is 1. The molecule has 0 bridgehead atoms. The van der Waals surface area contributed by atoms with Gasteiger partial charge >= 0.3 is 5.97 Å². The minimum Gasteiger partial charge on any atom is -0.449 e. The first-order valence-corrected chi connectivity index (χ1v) is 11.3. The Bertz CT molecular complexity index is 823. The Morgan fingerprint density at radius 2 is 2.00 bits per heavy atom. The molecule has 0 spiro atoms. The van der Waals surface area contributed by atoms with Crippen molar-refractivity contribution in [1.82, 2.24) is 5.32 Å². The fraction of sp³-hybridized carbons (Fsp3) is 0.591. The largest absolute Gasteiger partial charge is 0.449 e. The first kappa shape index (κ1) is 21.6. The van der Waals surface area contributed by atoms with E-state index in [9.17, 15) is 14.4 Å². The highest BCUT2D eigenvalue weighted by Crippen LogP contribution is 2.36. The van der Waals surface area contributed by atoms with Gasteiger partial charge < -0.3 is 15.4 Å². The van der Waals surface area contributed by atoms with Crippen LogP contribution in [0.15, 0.2) is 11.6 Å². The second kappa shape index (κ2) is 9.57. The van der Waals surface area contributed by atoms with Crippen molar-refractivity contribution in [2.24, 2.45) is 5.92 Å². The Morgan fingerprint density at radius 1 is 1.24 bits per heavy atom. The summed E-state index contributed by atoms with van der Waals surface area (Å²) in [5, 5.41) is 6.23. The van der Waals surface area contributed by atoms with E-state index in [1.807, 2.05) is 13.8 Å². The summed E-state index contributed by atoms with van der Waals surface area (Å²) in [6.07, 6.45) is 8.68. The van der Waals surface area contributed by atoms with Gasteiger partial charge in [-0.15, -0.1) is 11.3 Å². The SMILES string of the molecule is Cc1sc(NC(=O)C2CC2)c(C(=O)O[C@@H](C)C(=O)NCCC2=CCCCC2)c1C. The first-order valence-electron chi connectivity index (χ1n) is 10.4. The van der Waals surface area contributed by atoms with Crippen LogP contribution in [0.5, 0.6) is 0 Å². The molecule has 6 nitrogen and oxygen atoms in total. The predicted molar refractivity (Wildman–Crippen MR) is 114 cm³/mol. The molecular formula is C22H30N2O4S. The number of ether oxygens (including phenoxy) is 1. The lowest BCUT2D eigenvalue weighted by molar-refractivity contribution is -0.129. The number of carbonyl (C=O) groups excluding carboxylic acids is 3. The Morgan fingerprint density at radius 3 is 2.66 bits per heavy atom. The van der Waals surface area contributed by atoms with Gasteiger partial charge in [0.2, 0.25) is 5.91 Å². The number of anilines is 1. The first-order chi connectivity index (χ1) is 13.9. The van der Waals surface area contributed by atoms with Gasteiger partial charge in [0, 0.05) is 17.3 Å². The summed E-state index contributed by atoms with van der Waals surface area (Å²) in [5.41, 5.74) is 2.53. The molecule has 0 aliphatic heterocycles. The van der Waals surface area contributed by atoms with Crippen LogP contribution in [0.2, 0.25) is 0 Å². The molecule has 7 heteroatoms. The molecule has 0 saturated heterocycles. The van der Waals surface area contributed by atoms with Crippen LogP contribution < -0.4 is 10.6 Å². The highest BCUT2D eigenvalue weighted by molar-refractivity contribution is 7.16. The average molecular weight is 419 g/mol. The van der Waals surface area contributed by atoms with Gasteiger partial charge in [-0.05, 0) is 71.3 Å². The standard InChI is InChI=1S/C22H30N2O4S/c1-13-15(3)29-21(24-20(26)17-9-10-17)18(13)22(27)28-14(2)19(25)23-12-11-16-7-5-4-6-8-16/h7,14,17H,4-6,8-12H2,1-3H3,(H,23,25)(H,24,26)/t14-/m0/s1. The molecule has 29 heavy (non-hydrogen) atoms. The van der Waals surface area contributed by atoms with Crippen LogP contribution in [0.4, 0.5) is 5.00 Å². The van der Waals surface area contributed by atoms with Crippen molar-refractivity contribution in [3.8, 4) is 0 Å². The molecule has 0 unspecified atom stereocenters. The topological polar surface area (TPSA) is 84.5 Å². The van der Waals surface area contributed by atoms with Crippen LogP contribution >= 0.6 is 11.3 Å². The number of nitrogens with one attached hydrogen (secondary N) is 2. The van der Waals surface area contributed by atoms with Gasteiger partial charge in [-0.25, -0.2) is 4.79 Å². The second-order valence-electron chi connectivity index (χ2n) is 7.95. The predicted octanol–water partition coefficient (Wildman–Crippen LogP) is 4.27. The summed E-state index contributed by atoms with van der Waals surface area (Å²) < 4.78 is 5.42. The summed E-state index contributed by atoms with van der Waals surface area (Å²) in [4.78, 5) is 38.1. The molecule has 1 aromatic rings. The summed E-state index contributed by atoms with van der Waals surface area (Å²) in [6, 6.07) is 0. The minimum absolute atomic E-state index is 0.0468. The number of rotatable bonds is 8. The lowest BCUT2D eigenvalue weighted by Gasteiger charge is -2.16. The maximum Gasteiger partial charge on any atom is 0.342 e. The van der Waals surface area contributed by atoms with Gasteiger partial charge in [0.15, 0.2) is 6.10 Å². The molecule has 1 fully saturated rings. The third-order valence-electron chi connectivity index (χ3n) is 5.56. The summed E-state index contributed by atoms with van der Waals surface area (Å²) in [6.45, 7) is 5.85. The van der Waals surface area contributed by atoms with E-state index in [0.29, 0.717) is 17.1 Å². The van der Waals surface area contributed by atoms with Gasteiger partial charge in [-0.1, -0.05) is 11.6 Å². The molecule has 2 aliphatic rings. The van der Waals surface area contributed by atoms with E-state index in [1.54, 1.807) is 6.92 Å². The summed E-state index contributed by atoms with van der Waals surface area (Å²) in [5.74, 6) is -0.882. The van der Waals surface area contributed by atoms with E-state index in [1.165, 1.54) is 29.8 Å². The van der Waals surface area contributed by atoms with Crippen molar-refractivity contribution in [2.75, 3.05) is 11.9 Å². The monoisotopic (exact) mass is 418 g/mol. The quantitative estimate of drug-likeness (QED) is 0.488. The van der Waals surface area contributed by atoms with E-state index in [-0.39, 0.29) is 17.7 Å². The highest BCUT2D eigenvalue weighted by Gasteiger charge is 2.32. The molecule has 0 radical (unpaired) electrons. The Labute approximate surface area is 176 Å².